The Morgan fingerprint density at radius 2 is 0.565 bits per heavy atom. The molecule has 0 spiro atoms. The Kier molecular flexibility index (Phi) is 55.3. The SMILES string of the molecule is CC/C=C\C/C=C\C/C=C\CCCCCCCCCC(=O)OC(COC(=O)CCCCCCCCCCC)COC(=O)CCCCCCCCCCCCCCC/C=C\C/C=C\CCCCCCC. The van der Waals surface area contributed by atoms with Crippen LogP contribution in [0.1, 0.15) is 303 Å². The molecule has 0 amide bonds. The van der Waals surface area contributed by atoms with Gasteiger partial charge in [0.25, 0.3) is 0 Å². The molecule has 1 unspecified atom stereocenters. The van der Waals surface area contributed by atoms with Gasteiger partial charge in [0.1, 0.15) is 13.2 Å². The van der Waals surface area contributed by atoms with Crippen molar-refractivity contribution in [1.82, 2.24) is 0 Å². The minimum atomic E-state index is -0.777. The van der Waals surface area contributed by atoms with Crippen LogP contribution in [0.2, 0.25) is 0 Å². The maximum Gasteiger partial charge on any atom is 0.306 e. The highest BCUT2D eigenvalue weighted by molar-refractivity contribution is 5.71. The Morgan fingerprint density at radius 1 is 0.304 bits per heavy atom. The summed E-state index contributed by atoms with van der Waals surface area (Å²) >= 11 is 0. The lowest BCUT2D eigenvalue weighted by Crippen LogP contribution is -2.30. The lowest BCUT2D eigenvalue weighted by Gasteiger charge is -2.18. The van der Waals surface area contributed by atoms with Crippen LogP contribution in [0.3, 0.4) is 0 Å². The van der Waals surface area contributed by atoms with Crippen LogP contribution in [0.15, 0.2) is 60.8 Å². The van der Waals surface area contributed by atoms with Gasteiger partial charge in [0.05, 0.1) is 0 Å². The minimum Gasteiger partial charge on any atom is -0.462 e. The highest BCUT2D eigenvalue weighted by Gasteiger charge is 2.19. The summed E-state index contributed by atoms with van der Waals surface area (Å²) in [6.45, 7) is 6.52. The molecule has 0 aromatic carbocycles. The second-order valence-electron chi connectivity index (χ2n) is 19.9. The third kappa shape index (κ3) is 55.9. The zero-order valence-corrected chi connectivity index (χ0v) is 45.8. The predicted molar refractivity (Wildman–Crippen MR) is 298 cm³/mol. The molecule has 1 atom stereocenters. The van der Waals surface area contributed by atoms with Crippen LogP contribution in [0.4, 0.5) is 0 Å². The summed E-state index contributed by atoms with van der Waals surface area (Å²) in [5, 5.41) is 0. The van der Waals surface area contributed by atoms with Crippen molar-refractivity contribution in [1.29, 1.82) is 0 Å². The lowest BCUT2D eigenvalue weighted by atomic mass is 10.0. The van der Waals surface area contributed by atoms with Crippen LogP contribution < -0.4 is 0 Å². The minimum absolute atomic E-state index is 0.0759. The fourth-order valence-corrected chi connectivity index (χ4v) is 8.55. The second kappa shape index (κ2) is 57.7. The molecular formula is C63H112O6. The molecule has 0 bridgehead atoms. The Morgan fingerprint density at radius 3 is 0.884 bits per heavy atom. The van der Waals surface area contributed by atoms with E-state index < -0.39 is 6.10 Å². The fraction of sp³-hybridized carbons (Fsp3) is 0.794. The first-order valence-corrected chi connectivity index (χ1v) is 29.8. The largest absolute Gasteiger partial charge is 0.462 e. The molecule has 0 heterocycles. The average molecular weight is 966 g/mol. The van der Waals surface area contributed by atoms with E-state index in [1.807, 2.05) is 0 Å². The van der Waals surface area contributed by atoms with E-state index in [1.165, 1.54) is 173 Å². The van der Waals surface area contributed by atoms with E-state index in [0.717, 1.165) is 89.9 Å². The number of ether oxygens (including phenoxy) is 3. The van der Waals surface area contributed by atoms with Gasteiger partial charge in [-0.25, -0.2) is 0 Å². The van der Waals surface area contributed by atoms with Gasteiger partial charge in [-0.1, -0.05) is 261 Å². The second-order valence-corrected chi connectivity index (χ2v) is 19.9. The number of rotatable bonds is 54. The van der Waals surface area contributed by atoms with E-state index in [9.17, 15) is 14.4 Å². The van der Waals surface area contributed by atoms with Crippen LogP contribution in [0, 0.1) is 0 Å². The summed E-state index contributed by atoms with van der Waals surface area (Å²) in [4.78, 5) is 38.1. The molecule has 0 fully saturated rings. The number of carbonyl (C=O) groups excluding carboxylic acids is 3. The van der Waals surface area contributed by atoms with E-state index in [2.05, 4.69) is 81.5 Å². The van der Waals surface area contributed by atoms with Crippen molar-refractivity contribution >= 4 is 17.9 Å². The summed E-state index contributed by atoms with van der Waals surface area (Å²) in [7, 11) is 0. The molecule has 0 aromatic heterocycles. The van der Waals surface area contributed by atoms with Gasteiger partial charge >= 0.3 is 17.9 Å². The first-order chi connectivity index (χ1) is 34.0. The van der Waals surface area contributed by atoms with Crippen molar-refractivity contribution in [2.75, 3.05) is 13.2 Å². The zero-order valence-electron chi connectivity index (χ0n) is 45.8. The molecule has 0 aromatic rings. The Bertz CT molecular complexity index is 1250. The molecule has 0 saturated heterocycles. The van der Waals surface area contributed by atoms with Crippen molar-refractivity contribution in [2.24, 2.45) is 0 Å². The maximum absolute atomic E-state index is 12.8. The molecule has 0 rings (SSSR count). The Labute approximate surface area is 428 Å². The number of hydrogen-bond donors (Lipinski definition) is 0. The zero-order chi connectivity index (χ0) is 50.0. The molecule has 6 nitrogen and oxygen atoms in total. The van der Waals surface area contributed by atoms with Gasteiger partial charge in [-0.2, -0.15) is 0 Å². The van der Waals surface area contributed by atoms with E-state index in [-0.39, 0.29) is 31.1 Å². The van der Waals surface area contributed by atoms with Crippen molar-refractivity contribution in [3.8, 4) is 0 Å². The predicted octanol–water partition coefficient (Wildman–Crippen LogP) is 20.0. The number of allylic oxidation sites excluding steroid dienone is 10. The van der Waals surface area contributed by atoms with Gasteiger partial charge in [-0.05, 0) is 83.5 Å². The van der Waals surface area contributed by atoms with E-state index in [0.29, 0.717) is 19.3 Å². The van der Waals surface area contributed by atoms with Crippen molar-refractivity contribution in [3.63, 3.8) is 0 Å². The molecular weight excluding hydrogens is 853 g/mol. The van der Waals surface area contributed by atoms with Gasteiger partial charge in [0.2, 0.25) is 0 Å². The molecule has 0 aliphatic carbocycles. The van der Waals surface area contributed by atoms with Crippen molar-refractivity contribution in [2.45, 2.75) is 309 Å². The normalized spacial score (nSPS) is 12.4. The topological polar surface area (TPSA) is 78.9 Å². The van der Waals surface area contributed by atoms with Crippen LogP contribution in [-0.2, 0) is 28.6 Å². The summed E-state index contributed by atoms with van der Waals surface area (Å²) in [5.41, 5.74) is 0. The number of carbonyl (C=O) groups is 3. The van der Waals surface area contributed by atoms with Gasteiger partial charge in [-0.3, -0.25) is 14.4 Å². The van der Waals surface area contributed by atoms with Crippen LogP contribution >= 0.6 is 0 Å². The molecule has 0 radical (unpaired) electrons. The van der Waals surface area contributed by atoms with Crippen molar-refractivity contribution in [3.05, 3.63) is 60.8 Å². The van der Waals surface area contributed by atoms with Gasteiger partial charge in [-0.15, -0.1) is 0 Å². The maximum atomic E-state index is 12.8. The van der Waals surface area contributed by atoms with Crippen LogP contribution in [0.25, 0.3) is 0 Å². The summed E-state index contributed by atoms with van der Waals surface area (Å²) in [5.74, 6) is -0.878. The first-order valence-electron chi connectivity index (χ1n) is 29.8. The standard InChI is InChI=1S/C63H112O6/c1-4-7-10-13-16-19-21-23-25-27-28-29-30-31-32-33-34-36-37-39-41-44-47-50-53-56-62(65)68-59-60(58-67-61(64)55-52-49-46-43-18-15-12-9-6-3)69-63(66)57-54-51-48-45-42-40-38-35-26-24-22-20-17-14-11-8-5-2/h8,11,17,20-21,23-24,26-28,60H,4-7,9-10,12-16,18-19,22,25,29-59H2,1-3H3/b11-8-,20-17-,23-21-,26-24-,28-27-. The van der Waals surface area contributed by atoms with E-state index >= 15 is 0 Å². The van der Waals surface area contributed by atoms with Gasteiger partial charge in [0, 0.05) is 19.3 Å². The molecule has 0 aliphatic rings. The van der Waals surface area contributed by atoms with Gasteiger partial charge < -0.3 is 14.2 Å². The number of esters is 3. The van der Waals surface area contributed by atoms with E-state index in [1.54, 1.807) is 0 Å². The summed E-state index contributed by atoms with van der Waals surface area (Å²) in [6.07, 6.45) is 72.3. The summed E-state index contributed by atoms with van der Waals surface area (Å²) in [6, 6.07) is 0. The van der Waals surface area contributed by atoms with Crippen LogP contribution in [0.5, 0.6) is 0 Å². The van der Waals surface area contributed by atoms with Crippen molar-refractivity contribution < 1.29 is 28.6 Å². The lowest BCUT2D eigenvalue weighted by molar-refractivity contribution is -0.167. The number of hydrogen-bond acceptors (Lipinski definition) is 6. The highest BCUT2D eigenvalue weighted by atomic mass is 16.6. The quantitative estimate of drug-likeness (QED) is 0.0262. The number of unbranched alkanes of at least 4 members (excludes halogenated alkanes) is 33. The molecule has 6 heteroatoms. The van der Waals surface area contributed by atoms with Crippen LogP contribution in [-0.4, -0.2) is 37.2 Å². The molecule has 0 N–H and O–H groups in total. The molecule has 0 saturated carbocycles. The highest BCUT2D eigenvalue weighted by Crippen LogP contribution is 2.16. The monoisotopic (exact) mass is 965 g/mol. The van der Waals surface area contributed by atoms with Gasteiger partial charge in [0.15, 0.2) is 6.10 Å². The Balaban J connectivity index is 4.20. The first kappa shape index (κ1) is 66.1. The molecule has 69 heavy (non-hydrogen) atoms. The molecule has 400 valence electrons. The average Bonchev–Trinajstić information content (AvgIpc) is 3.35. The van der Waals surface area contributed by atoms with E-state index in [4.69, 9.17) is 14.2 Å². The summed E-state index contributed by atoms with van der Waals surface area (Å²) < 4.78 is 16.8. The third-order valence-electron chi connectivity index (χ3n) is 13.0. The Hall–Kier alpha value is -2.89. The fourth-order valence-electron chi connectivity index (χ4n) is 8.55. The smallest absolute Gasteiger partial charge is 0.306 e. The third-order valence-corrected chi connectivity index (χ3v) is 13.0. The molecule has 0 aliphatic heterocycles.